The molecule has 0 aliphatic rings. The average Bonchev–Trinajstić information content (AvgIpc) is 2.61. The van der Waals surface area contributed by atoms with E-state index in [4.69, 9.17) is 0 Å². The minimum absolute atomic E-state index is 0.0166. The number of carbonyl (C=O) groups is 1. The summed E-state index contributed by atoms with van der Waals surface area (Å²) in [7, 11) is 0. The van der Waals surface area contributed by atoms with E-state index in [-0.39, 0.29) is 5.91 Å². The van der Waals surface area contributed by atoms with Gasteiger partial charge in [0.05, 0.1) is 17.7 Å². The SMILES string of the molecule is C=CCNC(=O)CNCc1scnc1C. The Balaban J connectivity index is 2.19. The molecular formula is C10H15N3OS. The smallest absolute Gasteiger partial charge is 0.234 e. The van der Waals surface area contributed by atoms with Gasteiger partial charge in [0.25, 0.3) is 0 Å². The van der Waals surface area contributed by atoms with Gasteiger partial charge in [-0.25, -0.2) is 4.98 Å². The van der Waals surface area contributed by atoms with Crippen molar-refractivity contribution in [3.8, 4) is 0 Å². The molecule has 0 bridgehead atoms. The van der Waals surface area contributed by atoms with Crippen LogP contribution in [-0.2, 0) is 11.3 Å². The van der Waals surface area contributed by atoms with Gasteiger partial charge in [-0.3, -0.25) is 4.79 Å². The third-order valence-corrected chi connectivity index (χ3v) is 2.79. The molecular weight excluding hydrogens is 210 g/mol. The highest BCUT2D eigenvalue weighted by Gasteiger charge is 2.02. The van der Waals surface area contributed by atoms with Gasteiger partial charge in [-0.15, -0.1) is 17.9 Å². The Morgan fingerprint density at radius 1 is 1.73 bits per heavy atom. The highest BCUT2D eigenvalue weighted by Crippen LogP contribution is 2.10. The van der Waals surface area contributed by atoms with Crippen LogP contribution in [0.15, 0.2) is 18.2 Å². The Hall–Kier alpha value is -1.20. The van der Waals surface area contributed by atoms with E-state index in [9.17, 15) is 4.79 Å². The maximum Gasteiger partial charge on any atom is 0.234 e. The van der Waals surface area contributed by atoms with E-state index in [2.05, 4.69) is 22.2 Å². The van der Waals surface area contributed by atoms with Crippen LogP contribution in [0.2, 0.25) is 0 Å². The number of hydrogen-bond acceptors (Lipinski definition) is 4. The zero-order chi connectivity index (χ0) is 11.1. The van der Waals surface area contributed by atoms with E-state index in [1.165, 1.54) is 4.88 Å². The van der Waals surface area contributed by atoms with Crippen LogP contribution in [-0.4, -0.2) is 24.0 Å². The number of nitrogens with zero attached hydrogens (tertiary/aromatic N) is 1. The quantitative estimate of drug-likeness (QED) is 0.706. The number of aromatic nitrogens is 1. The van der Waals surface area contributed by atoms with Gasteiger partial charge >= 0.3 is 0 Å². The van der Waals surface area contributed by atoms with Crippen molar-refractivity contribution in [2.75, 3.05) is 13.1 Å². The number of amides is 1. The summed E-state index contributed by atoms with van der Waals surface area (Å²) in [4.78, 5) is 16.5. The van der Waals surface area contributed by atoms with Crippen molar-refractivity contribution in [1.29, 1.82) is 0 Å². The normalized spacial score (nSPS) is 9.93. The Morgan fingerprint density at radius 2 is 2.53 bits per heavy atom. The van der Waals surface area contributed by atoms with Crippen LogP contribution in [0.5, 0.6) is 0 Å². The van der Waals surface area contributed by atoms with Crippen LogP contribution in [0.25, 0.3) is 0 Å². The summed E-state index contributed by atoms with van der Waals surface area (Å²) in [6.45, 7) is 7.02. The molecule has 0 spiro atoms. The van der Waals surface area contributed by atoms with Gasteiger partial charge in [0, 0.05) is 18.0 Å². The average molecular weight is 225 g/mol. The van der Waals surface area contributed by atoms with Gasteiger partial charge in [-0.05, 0) is 6.92 Å². The largest absolute Gasteiger partial charge is 0.352 e. The lowest BCUT2D eigenvalue weighted by atomic mass is 10.4. The van der Waals surface area contributed by atoms with Crippen LogP contribution < -0.4 is 10.6 Å². The predicted octanol–water partition coefficient (Wildman–Crippen LogP) is 0.843. The van der Waals surface area contributed by atoms with Crippen molar-refractivity contribution < 1.29 is 4.79 Å². The number of thiazole rings is 1. The van der Waals surface area contributed by atoms with E-state index >= 15 is 0 Å². The molecule has 82 valence electrons. The molecule has 1 heterocycles. The van der Waals surface area contributed by atoms with Crippen LogP contribution in [0.4, 0.5) is 0 Å². The summed E-state index contributed by atoms with van der Waals surface area (Å²) in [5.74, 6) is -0.0166. The standard InChI is InChI=1S/C10H15N3OS/c1-3-4-12-10(14)6-11-5-9-8(2)13-7-15-9/h3,7,11H,1,4-6H2,2H3,(H,12,14). The molecule has 0 fully saturated rings. The van der Waals surface area contributed by atoms with Crippen LogP contribution in [0, 0.1) is 6.92 Å². The van der Waals surface area contributed by atoms with Gasteiger partial charge in [-0.2, -0.15) is 0 Å². The molecule has 0 unspecified atom stereocenters. The van der Waals surface area contributed by atoms with Crippen molar-refractivity contribution in [2.45, 2.75) is 13.5 Å². The van der Waals surface area contributed by atoms with Gasteiger partial charge in [0.2, 0.25) is 5.91 Å². The number of nitrogens with one attached hydrogen (secondary N) is 2. The first-order valence-electron chi connectivity index (χ1n) is 4.71. The Labute approximate surface area is 93.4 Å². The second-order valence-electron chi connectivity index (χ2n) is 3.06. The molecule has 2 N–H and O–H groups in total. The monoisotopic (exact) mass is 225 g/mol. The van der Waals surface area contributed by atoms with Crippen molar-refractivity contribution in [1.82, 2.24) is 15.6 Å². The summed E-state index contributed by atoms with van der Waals surface area (Å²) in [5.41, 5.74) is 2.84. The van der Waals surface area contributed by atoms with E-state index in [1.807, 2.05) is 12.4 Å². The molecule has 4 nitrogen and oxygen atoms in total. The second kappa shape index (κ2) is 6.31. The lowest BCUT2D eigenvalue weighted by Gasteiger charge is -2.03. The van der Waals surface area contributed by atoms with E-state index in [0.717, 1.165) is 5.69 Å². The Morgan fingerprint density at radius 3 is 3.13 bits per heavy atom. The topological polar surface area (TPSA) is 54.0 Å². The Kier molecular flexibility index (Phi) is 5.00. The molecule has 1 amide bonds. The lowest BCUT2D eigenvalue weighted by Crippen LogP contribution is -2.33. The molecule has 1 aromatic rings. The van der Waals surface area contributed by atoms with E-state index in [0.29, 0.717) is 19.6 Å². The third kappa shape index (κ3) is 4.22. The van der Waals surface area contributed by atoms with Gasteiger partial charge in [0.1, 0.15) is 0 Å². The molecule has 1 aromatic heterocycles. The number of hydrogen-bond donors (Lipinski definition) is 2. The fraction of sp³-hybridized carbons (Fsp3) is 0.400. The van der Waals surface area contributed by atoms with Crippen molar-refractivity contribution in [3.05, 3.63) is 28.7 Å². The first-order chi connectivity index (χ1) is 7.24. The van der Waals surface area contributed by atoms with Crippen molar-refractivity contribution in [3.63, 3.8) is 0 Å². The van der Waals surface area contributed by atoms with E-state index < -0.39 is 0 Å². The van der Waals surface area contributed by atoms with Crippen molar-refractivity contribution >= 4 is 17.2 Å². The summed E-state index contributed by atoms with van der Waals surface area (Å²) >= 11 is 1.60. The number of rotatable bonds is 6. The summed E-state index contributed by atoms with van der Waals surface area (Å²) in [5, 5.41) is 5.76. The maximum absolute atomic E-state index is 11.2. The lowest BCUT2D eigenvalue weighted by molar-refractivity contribution is -0.120. The van der Waals surface area contributed by atoms with Crippen LogP contribution in [0.1, 0.15) is 10.6 Å². The van der Waals surface area contributed by atoms with Gasteiger partial charge in [-0.1, -0.05) is 6.08 Å². The second-order valence-corrected chi connectivity index (χ2v) is 4.00. The van der Waals surface area contributed by atoms with Gasteiger partial charge in [0.15, 0.2) is 0 Å². The maximum atomic E-state index is 11.2. The zero-order valence-electron chi connectivity index (χ0n) is 8.75. The molecule has 0 saturated carbocycles. The molecule has 5 heteroatoms. The molecule has 0 aromatic carbocycles. The van der Waals surface area contributed by atoms with Gasteiger partial charge < -0.3 is 10.6 Å². The minimum Gasteiger partial charge on any atom is -0.352 e. The first kappa shape index (κ1) is 11.9. The molecule has 0 atom stereocenters. The van der Waals surface area contributed by atoms with Crippen LogP contribution in [0.3, 0.4) is 0 Å². The number of carbonyl (C=O) groups excluding carboxylic acids is 1. The molecule has 0 aliphatic carbocycles. The molecule has 0 aliphatic heterocycles. The summed E-state index contributed by atoms with van der Waals surface area (Å²) in [6.07, 6.45) is 1.66. The number of aryl methyl sites for hydroxylation is 1. The van der Waals surface area contributed by atoms with Crippen molar-refractivity contribution in [2.24, 2.45) is 0 Å². The highest BCUT2D eigenvalue weighted by atomic mass is 32.1. The Bertz CT molecular complexity index is 335. The fourth-order valence-corrected chi connectivity index (χ4v) is 1.78. The molecule has 0 saturated heterocycles. The molecule has 1 rings (SSSR count). The first-order valence-corrected chi connectivity index (χ1v) is 5.59. The minimum atomic E-state index is -0.0166. The highest BCUT2D eigenvalue weighted by molar-refractivity contribution is 7.09. The summed E-state index contributed by atoms with van der Waals surface area (Å²) < 4.78 is 0. The molecule has 15 heavy (non-hydrogen) atoms. The third-order valence-electron chi connectivity index (χ3n) is 1.86. The zero-order valence-corrected chi connectivity index (χ0v) is 9.56. The van der Waals surface area contributed by atoms with E-state index in [1.54, 1.807) is 17.4 Å². The molecule has 0 radical (unpaired) electrons. The predicted molar refractivity (Wildman–Crippen MR) is 61.8 cm³/mol. The van der Waals surface area contributed by atoms with Crippen LogP contribution >= 0.6 is 11.3 Å². The summed E-state index contributed by atoms with van der Waals surface area (Å²) in [6, 6.07) is 0. The fourth-order valence-electron chi connectivity index (χ4n) is 1.03.